The average Bonchev–Trinajstić information content (AvgIpc) is 2.88. The molecule has 1 aliphatic rings. The lowest BCUT2D eigenvalue weighted by atomic mass is 10.0. The highest BCUT2D eigenvalue weighted by Crippen LogP contribution is 2.41. The molecule has 1 heterocycles. The minimum atomic E-state index is -4.87. The fourth-order valence-electron chi connectivity index (χ4n) is 3.28. The molecule has 0 aliphatic carbocycles. The van der Waals surface area contributed by atoms with Crippen molar-refractivity contribution in [1.29, 1.82) is 0 Å². The third-order valence-corrected chi connectivity index (χ3v) is 4.41. The number of halogens is 5. The minimum Gasteiger partial charge on any atom is -0.496 e. The minimum absolute atomic E-state index is 0.0289. The summed E-state index contributed by atoms with van der Waals surface area (Å²) in [5, 5.41) is 0. The highest BCUT2D eigenvalue weighted by atomic mass is 19.4. The molecule has 1 fully saturated rings. The first kappa shape index (κ1) is 19.9. The van der Waals surface area contributed by atoms with Crippen LogP contribution >= 0.6 is 0 Å². The van der Waals surface area contributed by atoms with E-state index in [1.54, 1.807) is 0 Å². The Morgan fingerprint density at radius 3 is 2.57 bits per heavy atom. The summed E-state index contributed by atoms with van der Waals surface area (Å²) < 4.78 is 74.8. The number of rotatable bonds is 5. The molecule has 0 bridgehead atoms. The quantitative estimate of drug-likeness (QED) is 0.691. The molecule has 2 atom stereocenters. The first-order valence-electron chi connectivity index (χ1n) is 8.31. The Hall–Kier alpha value is -2.84. The van der Waals surface area contributed by atoms with Gasteiger partial charge in [-0.1, -0.05) is 18.2 Å². The van der Waals surface area contributed by atoms with Crippen molar-refractivity contribution in [3.05, 3.63) is 59.4 Å². The highest BCUT2D eigenvalue weighted by molar-refractivity contribution is 5.84. The second-order valence-corrected chi connectivity index (χ2v) is 6.24. The van der Waals surface area contributed by atoms with Gasteiger partial charge in [0.1, 0.15) is 17.3 Å². The maximum absolute atomic E-state index is 14.4. The zero-order valence-electron chi connectivity index (χ0n) is 14.7. The van der Waals surface area contributed by atoms with Crippen LogP contribution in [0, 0.1) is 5.82 Å². The number of amides is 1. The van der Waals surface area contributed by atoms with Crippen molar-refractivity contribution in [2.45, 2.75) is 31.5 Å². The van der Waals surface area contributed by atoms with Crippen LogP contribution in [0.1, 0.15) is 23.6 Å². The van der Waals surface area contributed by atoms with Gasteiger partial charge in [-0.15, -0.1) is 13.2 Å². The van der Waals surface area contributed by atoms with E-state index >= 15 is 0 Å². The molecule has 3 rings (SSSR count). The van der Waals surface area contributed by atoms with Gasteiger partial charge in [0, 0.05) is 13.0 Å². The van der Waals surface area contributed by atoms with E-state index in [0.717, 1.165) is 17.0 Å². The van der Waals surface area contributed by atoms with Gasteiger partial charge in [-0.05, 0) is 29.8 Å². The van der Waals surface area contributed by atoms with Crippen molar-refractivity contribution in [1.82, 2.24) is 4.90 Å². The molecule has 1 aliphatic heterocycles. The molecule has 0 N–H and O–H groups in total. The standard InChI is InChI=1S/C19H16F5NO3/c1-27-16-7-3-6-13(20)17(16)15-9-14(21)18(26)25(15)10-11-4-2-5-12(8-11)28-19(22,23)24/h2-8,14-15H,9-10H2,1H3. The van der Waals surface area contributed by atoms with Crippen LogP contribution in [0.2, 0.25) is 0 Å². The molecule has 2 aromatic carbocycles. The Morgan fingerprint density at radius 1 is 1.18 bits per heavy atom. The van der Waals surface area contributed by atoms with E-state index in [4.69, 9.17) is 4.74 Å². The Labute approximate surface area is 157 Å². The number of ether oxygens (including phenoxy) is 2. The van der Waals surface area contributed by atoms with Crippen molar-refractivity contribution >= 4 is 5.91 Å². The number of alkyl halides is 4. The number of nitrogens with zero attached hydrogens (tertiary/aromatic N) is 1. The zero-order chi connectivity index (χ0) is 20.5. The summed E-state index contributed by atoms with van der Waals surface area (Å²) >= 11 is 0. The summed E-state index contributed by atoms with van der Waals surface area (Å²) in [6.07, 6.45) is -6.99. The van der Waals surface area contributed by atoms with E-state index in [2.05, 4.69) is 4.74 Å². The molecule has 0 spiro atoms. The number of likely N-dealkylation sites (tertiary alicyclic amines) is 1. The van der Waals surface area contributed by atoms with E-state index in [9.17, 15) is 26.7 Å². The van der Waals surface area contributed by atoms with E-state index in [-0.39, 0.29) is 29.8 Å². The van der Waals surface area contributed by atoms with Crippen LogP contribution in [-0.4, -0.2) is 30.5 Å². The maximum atomic E-state index is 14.4. The van der Waals surface area contributed by atoms with Crippen LogP contribution in [0.25, 0.3) is 0 Å². The fraction of sp³-hybridized carbons (Fsp3) is 0.316. The molecule has 4 nitrogen and oxygen atoms in total. The van der Waals surface area contributed by atoms with E-state index < -0.39 is 36.0 Å². The van der Waals surface area contributed by atoms with Crippen LogP contribution < -0.4 is 9.47 Å². The first-order chi connectivity index (χ1) is 13.2. The predicted molar refractivity (Wildman–Crippen MR) is 88.9 cm³/mol. The van der Waals surface area contributed by atoms with Crippen molar-refractivity contribution in [3.8, 4) is 11.5 Å². The Bertz CT molecular complexity index is 871. The van der Waals surface area contributed by atoms with E-state index in [0.29, 0.717) is 0 Å². The molecule has 0 radical (unpaired) electrons. The number of hydrogen-bond donors (Lipinski definition) is 0. The smallest absolute Gasteiger partial charge is 0.496 e. The number of carbonyl (C=O) groups excluding carboxylic acids is 1. The lowest BCUT2D eigenvalue weighted by molar-refractivity contribution is -0.274. The summed E-state index contributed by atoms with van der Waals surface area (Å²) in [7, 11) is 1.32. The predicted octanol–water partition coefficient (Wildman–Crippen LogP) is 4.54. The van der Waals surface area contributed by atoms with Crippen LogP contribution in [0.4, 0.5) is 22.0 Å². The van der Waals surface area contributed by atoms with Crippen LogP contribution in [0.3, 0.4) is 0 Å². The summed E-state index contributed by atoms with van der Waals surface area (Å²) in [5.74, 6) is -1.83. The van der Waals surface area contributed by atoms with Crippen molar-refractivity contribution in [2.24, 2.45) is 0 Å². The van der Waals surface area contributed by atoms with Gasteiger partial charge in [-0.25, -0.2) is 8.78 Å². The van der Waals surface area contributed by atoms with Crippen LogP contribution in [0.5, 0.6) is 11.5 Å². The van der Waals surface area contributed by atoms with Gasteiger partial charge in [0.25, 0.3) is 5.91 Å². The van der Waals surface area contributed by atoms with Crippen molar-refractivity contribution < 1.29 is 36.2 Å². The first-order valence-corrected chi connectivity index (χ1v) is 8.31. The molecule has 0 aromatic heterocycles. The Balaban J connectivity index is 1.92. The normalized spacial score (nSPS) is 19.8. The second-order valence-electron chi connectivity index (χ2n) is 6.24. The largest absolute Gasteiger partial charge is 0.573 e. The highest BCUT2D eigenvalue weighted by Gasteiger charge is 2.42. The molecule has 1 amide bonds. The molecule has 150 valence electrons. The third-order valence-electron chi connectivity index (χ3n) is 4.41. The zero-order valence-corrected chi connectivity index (χ0v) is 14.7. The summed E-state index contributed by atoms with van der Waals surface area (Å²) in [6, 6.07) is 8.13. The summed E-state index contributed by atoms with van der Waals surface area (Å²) in [4.78, 5) is 13.4. The maximum Gasteiger partial charge on any atom is 0.573 e. The number of hydrogen-bond acceptors (Lipinski definition) is 3. The SMILES string of the molecule is COc1cccc(F)c1C1CC(F)C(=O)N1Cc1cccc(OC(F)(F)F)c1. The molecule has 2 aromatic rings. The molecule has 2 unspecified atom stereocenters. The lowest BCUT2D eigenvalue weighted by Gasteiger charge is -2.26. The monoisotopic (exact) mass is 401 g/mol. The number of carbonyl (C=O) groups is 1. The molecule has 0 saturated carbocycles. The average molecular weight is 401 g/mol. The number of methoxy groups -OCH3 is 1. The van der Waals surface area contributed by atoms with Gasteiger partial charge < -0.3 is 14.4 Å². The lowest BCUT2D eigenvalue weighted by Crippen LogP contribution is -2.30. The van der Waals surface area contributed by atoms with E-state index in [1.807, 2.05) is 0 Å². The van der Waals surface area contributed by atoms with Gasteiger partial charge >= 0.3 is 6.36 Å². The third kappa shape index (κ3) is 4.18. The van der Waals surface area contributed by atoms with Gasteiger partial charge in [0.2, 0.25) is 0 Å². The summed E-state index contributed by atoms with van der Waals surface area (Å²) in [6.45, 7) is -0.212. The molecule has 9 heteroatoms. The number of benzene rings is 2. The summed E-state index contributed by atoms with van der Waals surface area (Å²) in [5.41, 5.74) is 0.311. The van der Waals surface area contributed by atoms with Crippen LogP contribution in [0.15, 0.2) is 42.5 Å². The van der Waals surface area contributed by atoms with Gasteiger partial charge in [-0.2, -0.15) is 0 Å². The van der Waals surface area contributed by atoms with Crippen molar-refractivity contribution in [2.75, 3.05) is 7.11 Å². The van der Waals surface area contributed by atoms with Gasteiger partial charge in [0.15, 0.2) is 6.17 Å². The van der Waals surface area contributed by atoms with E-state index in [1.165, 1.54) is 37.4 Å². The second kappa shape index (κ2) is 7.65. The molecule has 1 saturated heterocycles. The molecule has 28 heavy (non-hydrogen) atoms. The van der Waals surface area contributed by atoms with Crippen LogP contribution in [-0.2, 0) is 11.3 Å². The molecular weight excluding hydrogens is 385 g/mol. The van der Waals surface area contributed by atoms with Gasteiger partial charge in [0.05, 0.1) is 18.7 Å². The Morgan fingerprint density at radius 2 is 1.89 bits per heavy atom. The van der Waals surface area contributed by atoms with Crippen molar-refractivity contribution in [3.63, 3.8) is 0 Å². The Kier molecular flexibility index (Phi) is 5.44. The molecular formula is C19H16F5NO3. The van der Waals surface area contributed by atoms with Gasteiger partial charge in [-0.3, -0.25) is 4.79 Å². The topological polar surface area (TPSA) is 38.8 Å². The fourth-order valence-corrected chi connectivity index (χ4v) is 3.28.